The number of hydrogen-bond donors (Lipinski definition) is 0. The van der Waals surface area contributed by atoms with Gasteiger partial charge in [-0.15, -0.1) is 11.6 Å². The summed E-state index contributed by atoms with van der Waals surface area (Å²) in [7, 11) is 1.86. The SMILES string of the molecule is Cn1cnc(Cn2c(CCCl)nc3cc(Br)ccc32)n1. The molecule has 5 nitrogen and oxygen atoms in total. The lowest BCUT2D eigenvalue weighted by molar-refractivity contribution is 0.688. The van der Waals surface area contributed by atoms with Gasteiger partial charge in [0.25, 0.3) is 0 Å². The molecule has 3 aromatic rings. The minimum atomic E-state index is 0.542. The Morgan fingerprint density at radius 3 is 2.90 bits per heavy atom. The molecule has 7 heteroatoms. The van der Waals surface area contributed by atoms with Crippen molar-refractivity contribution in [2.45, 2.75) is 13.0 Å². The Balaban J connectivity index is 2.08. The Bertz CT molecular complexity index is 748. The molecular weight excluding hydrogens is 342 g/mol. The van der Waals surface area contributed by atoms with E-state index >= 15 is 0 Å². The van der Waals surface area contributed by atoms with E-state index < -0.39 is 0 Å². The molecule has 0 atom stereocenters. The number of imidazole rings is 1. The zero-order valence-corrected chi connectivity index (χ0v) is 13.3. The second-order valence-electron chi connectivity index (χ2n) is 4.52. The third-order valence-electron chi connectivity index (χ3n) is 3.05. The highest BCUT2D eigenvalue weighted by Crippen LogP contribution is 2.22. The molecule has 1 aromatic carbocycles. The summed E-state index contributed by atoms with van der Waals surface area (Å²) in [6.07, 6.45) is 2.42. The van der Waals surface area contributed by atoms with E-state index in [-0.39, 0.29) is 0 Å². The van der Waals surface area contributed by atoms with E-state index in [0.717, 1.165) is 33.6 Å². The molecule has 3 rings (SSSR count). The summed E-state index contributed by atoms with van der Waals surface area (Å²) < 4.78 is 4.84. The Morgan fingerprint density at radius 1 is 1.35 bits per heavy atom. The van der Waals surface area contributed by atoms with Crippen molar-refractivity contribution in [2.24, 2.45) is 7.05 Å². The minimum Gasteiger partial charge on any atom is -0.320 e. The second-order valence-corrected chi connectivity index (χ2v) is 5.81. The number of aryl methyl sites for hydroxylation is 2. The molecule has 0 spiro atoms. The number of halogens is 2. The van der Waals surface area contributed by atoms with E-state index in [1.807, 2.05) is 25.2 Å². The van der Waals surface area contributed by atoms with Gasteiger partial charge in [-0.3, -0.25) is 4.68 Å². The summed E-state index contributed by atoms with van der Waals surface area (Å²) in [4.78, 5) is 8.93. The van der Waals surface area contributed by atoms with Crippen LogP contribution >= 0.6 is 27.5 Å². The van der Waals surface area contributed by atoms with Crippen LogP contribution in [-0.4, -0.2) is 30.2 Å². The molecule has 0 aliphatic rings. The highest BCUT2D eigenvalue weighted by atomic mass is 79.9. The van der Waals surface area contributed by atoms with Crippen LogP contribution < -0.4 is 0 Å². The van der Waals surface area contributed by atoms with Gasteiger partial charge in [0, 0.05) is 23.8 Å². The normalized spacial score (nSPS) is 11.3. The fraction of sp³-hybridized carbons (Fsp3) is 0.308. The summed E-state index contributed by atoms with van der Waals surface area (Å²) >= 11 is 9.35. The van der Waals surface area contributed by atoms with Gasteiger partial charge in [-0.1, -0.05) is 15.9 Å². The Morgan fingerprint density at radius 2 is 2.20 bits per heavy atom. The lowest BCUT2D eigenvalue weighted by Crippen LogP contribution is -2.07. The third kappa shape index (κ3) is 2.58. The maximum Gasteiger partial charge on any atom is 0.170 e. The van der Waals surface area contributed by atoms with Crippen LogP contribution in [0.25, 0.3) is 11.0 Å². The summed E-state index contributed by atoms with van der Waals surface area (Å²) in [6.45, 7) is 0.602. The molecule has 104 valence electrons. The van der Waals surface area contributed by atoms with Crippen LogP contribution in [-0.2, 0) is 20.0 Å². The third-order valence-corrected chi connectivity index (χ3v) is 3.74. The average molecular weight is 355 g/mol. The molecular formula is C13H13BrClN5. The zero-order valence-electron chi connectivity index (χ0n) is 10.9. The molecule has 0 unspecified atom stereocenters. The summed E-state index contributed by atoms with van der Waals surface area (Å²) in [6, 6.07) is 6.07. The highest BCUT2D eigenvalue weighted by Gasteiger charge is 2.12. The fourth-order valence-electron chi connectivity index (χ4n) is 2.20. The molecule has 0 aliphatic carbocycles. The molecule has 0 radical (unpaired) electrons. The van der Waals surface area contributed by atoms with Crippen LogP contribution in [0.2, 0.25) is 0 Å². The van der Waals surface area contributed by atoms with Gasteiger partial charge >= 0.3 is 0 Å². The Labute approximate surface area is 129 Å². The van der Waals surface area contributed by atoms with Crippen molar-refractivity contribution >= 4 is 38.6 Å². The number of benzene rings is 1. The number of fused-ring (bicyclic) bond motifs is 1. The second kappa shape index (κ2) is 5.54. The first-order chi connectivity index (χ1) is 9.67. The number of nitrogens with zero attached hydrogens (tertiary/aromatic N) is 5. The largest absolute Gasteiger partial charge is 0.320 e. The van der Waals surface area contributed by atoms with Gasteiger partial charge in [0.2, 0.25) is 0 Å². The molecule has 2 heterocycles. The van der Waals surface area contributed by atoms with Crippen LogP contribution in [0.15, 0.2) is 29.0 Å². The van der Waals surface area contributed by atoms with Gasteiger partial charge in [0.05, 0.1) is 17.6 Å². The predicted molar refractivity (Wildman–Crippen MR) is 82.0 cm³/mol. The van der Waals surface area contributed by atoms with E-state index in [1.54, 1.807) is 11.0 Å². The van der Waals surface area contributed by atoms with E-state index in [1.165, 1.54) is 0 Å². The van der Waals surface area contributed by atoms with E-state index in [4.69, 9.17) is 11.6 Å². The van der Waals surface area contributed by atoms with Gasteiger partial charge in [-0.25, -0.2) is 9.97 Å². The molecule has 0 aliphatic heterocycles. The van der Waals surface area contributed by atoms with E-state index in [2.05, 4.69) is 35.6 Å². The van der Waals surface area contributed by atoms with Crippen molar-refractivity contribution < 1.29 is 0 Å². The molecule has 0 amide bonds. The van der Waals surface area contributed by atoms with Crippen molar-refractivity contribution in [3.8, 4) is 0 Å². The van der Waals surface area contributed by atoms with Gasteiger partial charge in [0.15, 0.2) is 5.82 Å². The molecule has 0 fully saturated rings. The van der Waals surface area contributed by atoms with Crippen molar-refractivity contribution in [1.29, 1.82) is 0 Å². The predicted octanol–water partition coefficient (Wildman–Crippen LogP) is 2.76. The maximum atomic E-state index is 5.88. The molecule has 0 saturated carbocycles. The number of rotatable bonds is 4. The molecule has 0 saturated heterocycles. The van der Waals surface area contributed by atoms with Crippen molar-refractivity contribution in [1.82, 2.24) is 24.3 Å². The topological polar surface area (TPSA) is 48.5 Å². The van der Waals surface area contributed by atoms with Crippen molar-refractivity contribution in [2.75, 3.05) is 5.88 Å². The number of alkyl halides is 1. The lowest BCUT2D eigenvalue weighted by atomic mass is 10.3. The van der Waals surface area contributed by atoms with Crippen molar-refractivity contribution in [3.63, 3.8) is 0 Å². The first-order valence-electron chi connectivity index (χ1n) is 6.22. The molecule has 0 N–H and O–H groups in total. The lowest BCUT2D eigenvalue weighted by Gasteiger charge is -2.05. The standard InChI is InChI=1S/C13H13BrClN5/c1-19-8-16-12(18-19)7-20-11-3-2-9(14)6-10(11)17-13(20)4-5-15/h2-3,6,8H,4-5,7H2,1H3. The average Bonchev–Trinajstić information content (AvgIpc) is 2.95. The minimum absolute atomic E-state index is 0.542. The summed E-state index contributed by atoms with van der Waals surface area (Å²) in [5, 5.41) is 4.33. The van der Waals surface area contributed by atoms with Gasteiger partial charge in [0.1, 0.15) is 12.2 Å². The van der Waals surface area contributed by atoms with Crippen LogP contribution in [0.5, 0.6) is 0 Å². The van der Waals surface area contributed by atoms with Crippen LogP contribution in [0, 0.1) is 0 Å². The van der Waals surface area contributed by atoms with Crippen LogP contribution in [0.1, 0.15) is 11.6 Å². The Hall–Kier alpha value is -1.40. The van der Waals surface area contributed by atoms with Crippen molar-refractivity contribution in [3.05, 3.63) is 40.6 Å². The molecule has 20 heavy (non-hydrogen) atoms. The van der Waals surface area contributed by atoms with Gasteiger partial charge < -0.3 is 4.57 Å². The highest BCUT2D eigenvalue weighted by molar-refractivity contribution is 9.10. The smallest absolute Gasteiger partial charge is 0.170 e. The van der Waals surface area contributed by atoms with E-state index in [0.29, 0.717) is 12.4 Å². The molecule has 0 bridgehead atoms. The Kier molecular flexibility index (Phi) is 3.76. The van der Waals surface area contributed by atoms with E-state index in [9.17, 15) is 0 Å². The van der Waals surface area contributed by atoms with Gasteiger partial charge in [-0.2, -0.15) is 5.10 Å². The van der Waals surface area contributed by atoms with Gasteiger partial charge in [-0.05, 0) is 18.2 Å². The number of hydrogen-bond acceptors (Lipinski definition) is 3. The summed E-state index contributed by atoms with van der Waals surface area (Å²) in [5.41, 5.74) is 2.02. The quantitative estimate of drug-likeness (QED) is 0.677. The monoisotopic (exact) mass is 353 g/mol. The number of aromatic nitrogens is 5. The first kappa shape index (κ1) is 13.6. The first-order valence-corrected chi connectivity index (χ1v) is 7.55. The molecule has 2 aromatic heterocycles. The maximum absolute atomic E-state index is 5.88. The van der Waals surface area contributed by atoms with Crippen LogP contribution in [0.4, 0.5) is 0 Å². The van der Waals surface area contributed by atoms with Crippen LogP contribution in [0.3, 0.4) is 0 Å². The zero-order chi connectivity index (χ0) is 14.1. The fourth-order valence-corrected chi connectivity index (χ4v) is 2.72. The summed E-state index contributed by atoms with van der Waals surface area (Å²) in [5.74, 6) is 2.27.